The quantitative estimate of drug-likeness (QED) is 0.673. The van der Waals surface area contributed by atoms with Gasteiger partial charge in [-0.15, -0.1) is 0 Å². The van der Waals surface area contributed by atoms with Crippen molar-refractivity contribution in [3.05, 3.63) is 58.1 Å². The molecule has 0 spiro atoms. The largest absolute Gasteiger partial charge is 0.490 e. The van der Waals surface area contributed by atoms with E-state index in [-0.39, 0.29) is 17.4 Å². The van der Waals surface area contributed by atoms with Crippen molar-refractivity contribution in [2.24, 2.45) is 0 Å². The van der Waals surface area contributed by atoms with Crippen LogP contribution >= 0.6 is 15.9 Å². The van der Waals surface area contributed by atoms with E-state index >= 15 is 0 Å². The zero-order chi connectivity index (χ0) is 18.6. The summed E-state index contributed by atoms with van der Waals surface area (Å²) in [6.45, 7) is 3.61. The molecule has 2 aromatic rings. The summed E-state index contributed by atoms with van der Waals surface area (Å²) in [7, 11) is 0. The molecular formula is C17H16BrF3N2O2. The first-order chi connectivity index (χ1) is 11.7. The maximum absolute atomic E-state index is 13.0. The van der Waals surface area contributed by atoms with E-state index in [1.807, 2.05) is 0 Å². The number of amides is 1. The molecule has 0 saturated carbocycles. The van der Waals surface area contributed by atoms with Gasteiger partial charge in [-0.2, -0.15) is 13.2 Å². The van der Waals surface area contributed by atoms with Crippen molar-refractivity contribution >= 4 is 27.5 Å². The van der Waals surface area contributed by atoms with Crippen LogP contribution in [0.1, 0.15) is 29.8 Å². The summed E-state index contributed by atoms with van der Waals surface area (Å²) in [5, 5.41) is 0. The average molecular weight is 417 g/mol. The lowest BCUT2D eigenvalue weighted by Crippen LogP contribution is -2.31. The highest BCUT2D eigenvalue weighted by molar-refractivity contribution is 9.10. The molecule has 0 aliphatic carbocycles. The number of hydrogen-bond donors (Lipinski definition) is 2. The third-order valence-corrected chi connectivity index (χ3v) is 3.59. The summed E-state index contributed by atoms with van der Waals surface area (Å²) in [5.74, 6) is -0.284. The second-order valence-electron chi connectivity index (χ2n) is 5.43. The minimum atomic E-state index is -4.53. The number of carbonyl (C=O) groups excluding carboxylic acids is 1. The van der Waals surface area contributed by atoms with Gasteiger partial charge in [0.05, 0.1) is 22.9 Å². The maximum atomic E-state index is 13.0. The number of ether oxygens (including phenoxy) is 1. The number of rotatable bonds is 5. The van der Waals surface area contributed by atoms with Crippen LogP contribution in [-0.4, -0.2) is 12.0 Å². The number of para-hydroxylation sites is 1. The van der Waals surface area contributed by atoms with Crippen molar-refractivity contribution in [2.45, 2.75) is 26.1 Å². The molecule has 0 atom stereocenters. The zero-order valence-corrected chi connectivity index (χ0v) is 15.0. The number of hydrogen-bond acceptors (Lipinski definition) is 3. The fourth-order valence-electron chi connectivity index (χ4n) is 2.07. The van der Waals surface area contributed by atoms with Crippen molar-refractivity contribution < 1.29 is 22.7 Å². The highest BCUT2D eigenvalue weighted by atomic mass is 79.9. The van der Waals surface area contributed by atoms with Gasteiger partial charge in [-0.25, -0.2) is 0 Å². The number of anilines is 1. The number of nitrogens with one attached hydrogen (secondary N) is 2. The lowest BCUT2D eigenvalue weighted by atomic mass is 10.1. The van der Waals surface area contributed by atoms with Crippen LogP contribution in [0.5, 0.6) is 5.75 Å². The summed E-state index contributed by atoms with van der Waals surface area (Å²) < 4.78 is 45.2. The van der Waals surface area contributed by atoms with E-state index in [1.165, 1.54) is 24.3 Å². The number of benzene rings is 2. The minimum Gasteiger partial charge on any atom is -0.490 e. The van der Waals surface area contributed by atoms with Crippen molar-refractivity contribution in [3.63, 3.8) is 0 Å². The summed E-state index contributed by atoms with van der Waals surface area (Å²) >= 11 is 3.29. The van der Waals surface area contributed by atoms with Crippen LogP contribution in [0.3, 0.4) is 0 Å². The molecule has 2 N–H and O–H groups in total. The fraction of sp³-hybridized carbons (Fsp3) is 0.235. The Morgan fingerprint density at radius 2 is 1.84 bits per heavy atom. The Hall–Kier alpha value is -2.22. The Labute approximate surface area is 151 Å². The molecule has 1 amide bonds. The number of hydrazine groups is 1. The van der Waals surface area contributed by atoms with E-state index in [0.717, 1.165) is 10.5 Å². The van der Waals surface area contributed by atoms with Gasteiger partial charge in [-0.3, -0.25) is 15.6 Å². The Bertz CT molecular complexity index is 764. The first-order valence-electron chi connectivity index (χ1n) is 7.37. The Morgan fingerprint density at radius 3 is 2.48 bits per heavy atom. The molecule has 0 heterocycles. The zero-order valence-electron chi connectivity index (χ0n) is 13.4. The standard InChI is InChI=1S/C17H16BrF3N2O2/c1-10(2)25-15-9-11(18)7-8-12(15)16(24)23-22-14-6-4-3-5-13(14)17(19,20)21/h3-10,22H,1-2H3,(H,23,24). The van der Waals surface area contributed by atoms with Gasteiger partial charge in [0.1, 0.15) is 5.75 Å². The first kappa shape index (κ1) is 19.1. The van der Waals surface area contributed by atoms with Crippen LogP contribution in [0.25, 0.3) is 0 Å². The predicted octanol–water partition coefficient (Wildman–Crippen LogP) is 5.01. The van der Waals surface area contributed by atoms with E-state index in [4.69, 9.17) is 4.74 Å². The van der Waals surface area contributed by atoms with Gasteiger partial charge >= 0.3 is 6.18 Å². The van der Waals surface area contributed by atoms with Gasteiger partial charge in [0.15, 0.2) is 0 Å². The fourth-order valence-corrected chi connectivity index (χ4v) is 2.41. The molecule has 2 aromatic carbocycles. The molecule has 0 unspecified atom stereocenters. The monoisotopic (exact) mass is 416 g/mol. The number of alkyl halides is 3. The Kier molecular flexibility index (Phi) is 5.94. The van der Waals surface area contributed by atoms with Crippen LogP contribution in [-0.2, 0) is 6.18 Å². The molecule has 25 heavy (non-hydrogen) atoms. The van der Waals surface area contributed by atoms with Gasteiger partial charge in [-0.05, 0) is 44.2 Å². The summed E-state index contributed by atoms with van der Waals surface area (Å²) in [6, 6.07) is 9.67. The van der Waals surface area contributed by atoms with Crippen LogP contribution in [0.4, 0.5) is 18.9 Å². The van der Waals surface area contributed by atoms with Crippen molar-refractivity contribution in [3.8, 4) is 5.75 Å². The third-order valence-electron chi connectivity index (χ3n) is 3.09. The van der Waals surface area contributed by atoms with E-state index in [9.17, 15) is 18.0 Å². The Morgan fingerprint density at radius 1 is 1.16 bits per heavy atom. The SMILES string of the molecule is CC(C)Oc1cc(Br)ccc1C(=O)NNc1ccccc1C(F)(F)F. The molecule has 0 fully saturated rings. The molecule has 4 nitrogen and oxygen atoms in total. The molecule has 0 radical (unpaired) electrons. The second-order valence-corrected chi connectivity index (χ2v) is 6.35. The summed E-state index contributed by atoms with van der Waals surface area (Å²) in [5.41, 5.74) is 3.69. The molecule has 2 rings (SSSR count). The van der Waals surface area contributed by atoms with E-state index in [1.54, 1.807) is 26.0 Å². The van der Waals surface area contributed by atoms with Gasteiger partial charge in [0.25, 0.3) is 5.91 Å². The van der Waals surface area contributed by atoms with Gasteiger partial charge in [0, 0.05) is 4.47 Å². The minimum absolute atomic E-state index is 0.167. The molecule has 0 bridgehead atoms. The van der Waals surface area contributed by atoms with Gasteiger partial charge < -0.3 is 4.74 Å². The van der Waals surface area contributed by atoms with E-state index in [2.05, 4.69) is 26.8 Å². The van der Waals surface area contributed by atoms with Crippen molar-refractivity contribution in [2.75, 3.05) is 5.43 Å². The molecule has 0 aromatic heterocycles. The Balaban J connectivity index is 2.19. The first-order valence-corrected chi connectivity index (χ1v) is 8.16. The predicted molar refractivity (Wildman–Crippen MR) is 92.4 cm³/mol. The molecular weight excluding hydrogens is 401 g/mol. The molecule has 0 aliphatic heterocycles. The van der Waals surface area contributed by atoms with Crippen LogP contribution < -0.4 is 15.6 Å². The third kappa shape index (κ3) is 5.12. The van der Waals surface area contributed by atoms with E-state index in [0.29, 0.717) is 5.75 Å². The number of halogens is 4. The lowest BCUT2D eigenvalue weighted by molar-refractivity contribution is -0.137. The van der Waals surface area contributed by atoms with Crippen LogP contribution in [0, 0.1) is 0 Å². The highest BCUT2D eigenvalue weighted by Crippen LogP contribution is 2.34. The van der Waals surface area contributed by atoms with Crippen LogP contribution in [0.2, 0.25) is 0 Å². The normalized spacial score (nSPS) is 11.3. The lowest BCUT2D eigenvalue weighted by Gasteiger charge is -2.17. The smallest absolute Gasteiger partial charge is 0.418 e. The van der Waals surface area contributed by atoms with Crippen molar-refractivity contribution in [1.82, 2.24) is 5.43 Å². The van der Waals surface area contributed by atoms with Gasteiger partial charge in [0.2, 0.25) is 0 Å². The summed E-state index contributed by atoms with van der Waals surface area (Å²) in [4.78, 5) is 12.3. The molecule has 0 aliphatic rings. The van der Waals surface area contributed by atoms with Crippen LogP contribution in [0.15, 0.2) is 46.9 Å². The molecule has 134 valence electrons. The van der Waals surface area contributed by atoms with Gasteiger partial charge in [-0.1, -0.05) is 28.1 Å². The molecule has 0 saturated heterocycles. The molecule has 8 heteroatoms. The summed E-state index contributed by atoms with van der Waals surface area (Å²) in [6.07, 6.45) is -4.70. The van der Waals surface area contributed by atoms with E-state index < -0.39 is 17.6 Å². The van der Waals surface area contributed by atoms with Crippen molar-refractivity contribution in [1.29, 1.82) is 0 Å². The average Bonchev–Trinajstić information content (AvgIpc) is 2.51. The second kappa shape index (κ2) is 7.77. The maximum Gasteiger partial charge on any atom is 0.418 e. The number of carbonyl (C=O) groups is 1. The highest BCUT2D eigenvalue weighted by Gasteiger charge is 2.33. The topological polar surface area (TPSA) is 50.4 Å².